The van der Waals surface area contributed by atoms with E-state index in [-0.39, 0.29) is 11.5 Å². The van der Waals surface area contributed by atoms with Gasteiger partial charge >= 0.3 is 0 Å². The van der Waals surface area contributed by atoms with Gasteiger partial charge in [0.25, 0.3) is 0 Å². The van der Waals surface area contributed by atoms with E-state index in [1.807, 2.05) is 12.1 Å². The first kappa shape index (κ1) is 21.3. The molecule has 0 saturated carbocycles. The van der Waals surface area contributed by atoms with Crippen LogP contribution in [0.1, 0.15) is 84.3 Å². The fourth-order valence-corrected chi connectivity index (χ4v) is 3.14. The third-order valence-corrected chi connectivity index (χ3v) is 5.09. The fourth-order valence-electron chi connectivity index (χ4n) is 3.14. The Labute approximate surface area is 154 Å². The maximum absolute atomic E-state index is 10.4. The zero-order valence-corrected chi connectivity index (χ0v) is 16.9. The van der Waals surface area contributed by atoms with Crippen molar-refractivity contribution in [2.24, 2.45) is 5.92 Å². The molecule has 2 atom stereocenters. The second-order valence-corrected chi connectivity index (χ2v) is 7.67. The summed E-state index contributed by atoms with van der Waals surface area (Å²) in [7, 11) is 0. The second-order valence-electron chi connectivity index (χ2n) is 7.67. The smallest absolute Gasteiger partial charge is 0.123 e. The van der Waals surface area contributed by atoms with Gasteiger partial charge in [-0.2, -0.15) is 0 Å². The third-order valence-electron chi connectivity index (χ3n) is 5.09. The van der Waals surface area contributed by atoms with Gasteiger partial charge in [0, 0.05) is 5.56 Å². The first-order valence-corrected chi connectivity index (χ1v) is 9.59. The Hall–Kier alpha value is -1.70. The lowest BCUT2D eigenvalue weighted by molar-refractivity contribution is 0.424. The van der Waals surface area contributed by atoms with Gasteiger partial charge in [0.2, 0.25) is 0 Å². The van der Waals surface area contributed by atoms with Gasteiger partial charge in [0.1, 0.15) is 11.5 Å². The second kappa shape index (κ2) is 10.3. The Morgan fingerprint density at radius 1 is 1.04 bits per heavy atom. The normalized spacial score (nSPS) is 14.2. The molecule has 140 valence electrons. The highest BCUT2D eigenvalue weighted by atomic mass is 16.3. The molecule has 0 aromatic heterocycles. The van der Waals surface area contributed by atoms with E-state index in [0.717, 1.165) is 31.2 Å². The van der Waals surface area contributed by atoms with Crippen LogP contribution in [0.25, 0.3) is 0 Å². The number of hydrogen-bond acceptors (Lipinski definition) is 2. The van der Waals surface area contributed by atoms with Crippen molar-refractivity contribution in [1.29, 1.82) is 0 Å². The lowest BCUT2D eigenvalue weighted by Crippen LogP contribution is -2.06. The van der Waals surface area contributed by atoms with Crippen molar-refractivity contribution in [3.63, 3.8) is 0 Å². The average molecular weight is 345 g/mol. The Balaban J connectivity index is 2.84. The summed E-state index contributed by atoms with van der Waals surface area (Å²) < 4.78 is 0. The number of hydrogen-bond donors (Lipinski definition) is 2. The van der Waals surface area contributed by atoms with Crippen LogP contribution in [0, 0.1) is 5.92 Å². The van der Waals surface area contributed by atoms with E-state index in [2.05, 4.69) is 53.7 Å². The first-order valence-electron chi connectivity index (χ1n) is 9.59. The minimum absolute atomic E-state index is 0.207. The SMILES string of the molecule is CCCC(C)C(C)c1cc(O)c(C/C=C(\C)CCC=C(C)C)c(O)c1. The van der Waals surface area contributed by atoms with E-state index in [1.54, 1.807) is 0 Å². The van der Waals surface area contributed by atoms with Crippen LogP contribution in [-0.4, -0.2) is 10.2 Å². The molecule has 0 aliphatic heterocycles. The van der Waals surface area contributed by atoms with Crippen molar-refractivity contribution in [1.82, 2.24) is 0 Å². The molecule has 0 aliphatic rings. The molecule has 0 heterocycles. The van der Waals surface area contributed by atoms with Gasteiger partial charge in [-0.25, -0.2) is 0 Å². The van der Waals surface area contributed by atoms with Gasteiger partial charge in [-0.1, -0.05) is 56.9 Å². The summed E-state index contributed by atoms with van der Waals surface area (Å²) >= 11 is 0. The van der Waals surface area contributed by atoms with E-state index in [4.69, 9.17) is 0 Å². The van der Waals surface area contributed by atoms with Crippen molar-refractivity contribution < 1.29 is 10.2 Å². The molecule has 0 saturated heterocycles. The summed E-state index contributed by atoms with van der Waals surface area (Å²) in [5, 5.41) is 20.8. The number of allylic oxidation sites excluding steroid dienone is 4. The largest absolute Gasteiger partial charge is 0.508 e. The Bertz CT molecular complexity index is 584. The summed E-state index contributed by atoms with van der Waals surface area (Å²) in [4.78, 5) is 0. The topological polar surface area (TPSA) is 40.5 Å². The van der Waals surface area contributed by atoms with Gasteiger partial charge in [0.15, 0.2) is 0 Å². The monoisotopic (exact) mass is 344 g/mol. The maximum atomic E-state index is 10.4. The Morgan fingerprint density at radius 3 is 2.16 bits per heavy atom. The van der Waals surface area contributed by atoms with Crippen LogP contribution in [-0.2, 0) is 6.42 Å². The van der Waals surface area contributed by atoms with Crippen molar-refractivity contribution in [2.45, 2.75) is 79.6 Å². The van der Waals surface area contributed by atoms with Crippen molar-refractivity contribution in [3.05, 3.63) is 46.6 Å². The molecule has 2 N–H and O–H groups in total. The highest BCUT2D eigenvalue weighted by Gasteiger charge is 2.17. The van der Waals surface area contributed by atoms with Gasteiger partial charge in [0.05, 0.1) is 0 Å². The molecule has 0 aliphatic carbocycles. The highest BCUT2D eigenvalue weighted by Crippen LogP contribution is 2.36. The predicted octanol–water partition coefficient (Wildman–Crippen LogP) is 6.87. The summed E-state index contributed by atoms with van der Waals surface area (Å²) in [5.41, 5.74) is 4.26. The number of aromatic hydroxyl groups is 2. The van der Waals surface area contributed by atoms with Crippen LogP contribution in [0.3, 0.4) is 0 Å². The number of rotatable bonds is 9. The summed E-state index contributed by atoms with van der Waals surface area (Å²) in [6, 6.07) is 3.66. The minimum atomic E-state index is 0.207. The number of benzene rings is 1. The summed E-state index contributed by atoms with van der Waals surface area (Å²) in [6.07, 6.45) is 9.26. The van der Waals surface area contributed by atoms with E-state index < -0.39 is 0 Å². The molecule has 1 aromatic rings. The molecule has 0 fully saturated rings. The molecule has 25 heavy (non-hydrogen) atoms. The van der Waals surface area contributed by atoms with Crippen molar-refractivity contribution >= 4 is 0 Å². The van der Waals surface area contributed by atoms with E-state index in [0.29, 0.717) is 23.8 Å². The van der Waals surface area contributed by atoms with E-state index >= 15 is 0 Å². The zero-order valence-electron chi connectivity index (χ0n) is 16.9. The minimum Gasteiger partial charge on any atom is -0.508 e. The van der Waals surface area contributed by atoms with Gasteiger partial charge in [-0.15, -0.1) is 0 Å². The highest BCUT2D eigenvalue weighted by molar-refractivity contribution is 5.48. The van der Waals surface area contributed by atoms with Crippen LogP contribution >= 0.6 is 0 Å². The Morgan fingerprint density at radius 2 is 1.64 bits per heavy atom. The predicted molar refractivity (Wildman–Crippen MR) is 108 cm³/mol. The molecule has 0 spiro atoms. The van der Waals surface area contributed by atoms with Gasteiger partial charge < -0.3 is 10.2 Å². The van der Waals surface area contributed by atoms with Crippen LogP contribution in [0.2, 0.25) is 0 Å². The fraction of sp³-hybridized carbons (Fsp3) is 0.565. The van der Waals surface area contributed by atoms with Crippen LogP contribution in [0.5, 0.6) is 11.5 Å². The Kier molecular flexibility index (Phi) is 8.82. The van der Waals surface area contributed by atoms with Crippen LogP contribution in [0.15, 0.2) is 35.4 Å². The van der Waals surface area contributed by atoms with Crippen LogP contribution < -0.4 is 0 Å². The van der Waals surface area contributed by atoms with Crippen molar-refractivity contribution in [2.75, 3.05) is 0 Å². The summed E-state index contributed by atoms with van der Waals surface area (Å²) in [5.74, 6) is 1.27. The van der Waals surface area contributed by atoms with E-state index in [1.165, 1.54) is 11.1 Å². The zero-order chi connectivity index (χ0) is 19.0. The van der Waals surface area contributed by atoms with Crippen molar-refractivity contribution in [3.8, 4) is 11.5 Å². The molecule has 1 aromatic carbocycles. The standard InChI is InChI=1S/C23H36O2/c1-7-9-18(5)19(6)20-14-22(24)21(23(25)15-20)13-12-17(4)11-8-10-16(2)3/h10,12,14-15,18-19,24-25H,7-9,11,13H2,1-6H3/b17-12+. The molecule has 0 radical (unpaired) electrons. The number of phenolic OH excluding ortho intramolecular Hbond substituents is 2. The maximum Gasteiger partial charge on any atom is 0.123 e. The molecule has 0 amide bonds. The number of phenols is 2. The van der Waals surface area contributed by atoms with E-state index in [9.17, 15) is 10.2 Å². The average Bonchev–Trinajstić information content (AvgIpc) is 2.53. The van der Waals surface area contributed by atoms with Gasteiger partial charge in [-0.05, 0) is 69.6 Å². The molecule has 2 unspecified atom stereocenters. The summed E-state index contributed by atoms with van der Waals surface area (Å²) in [6.45, 7) is 12.9. The molecule has 2 nitrogen and oxygen atoms in total. The molecular weight excluding hydrogens is 308 g/mol. The molecular formula is C23H36O2. The first-order chi connectivity index (χ1) is 11.8. The third kappa shape index (κ3) is 6.97. The molecule has 0 bridgehead atoms. The van der Waals surface area contributed by atoms with Gasteiger partial charge in [-0.3, -0.25) is 0 Å². The molecule has 2 heteroatoms. The quantitative estimate of drug-likeness (QED) is 0.480. The lowest BCUT2D eigenvalue weighted by atomic mass is 9.85. The lowest BCUT2D eigenvalue weighted by Gasteiger charge is -2.21. The van der Waals surface area contributed by atoms with Crippen LogP contribution in [0.4, 0.5) is 0 Å². The molecule has 1 rings (SSSR count).